The molecule has 0 saturated heterocycles. The van der Waals surface area contributed by atoms with Crippen LogP contribution in [0.5, 0.6) is 0 Å². The molecule has 4 aromatic rings. The molecule has 0 unspecified atom stereocenters. The number of hydrogen-bond acceptors (Lipinski definition) is 2. The number of rotatable bonds is 9. The summed E-state index contributed by atoms with van der Waals surface area (Å²) in [6.07, 6.45) is 2.66. The van der Waals surface area contributed by atoms with Gasteiger partial charge in [0.2, 0.25) is 0 Å². The predicted octanol–water partition coefficient (Wildman–Crippen LogP) is 7.18. The van der Waals surface area contributed by atoms with Gasteiger partial charge in [-0.2, -0.15) is 0 Å². The Balaban J connectivity index is 1.94. The molecule has 0 aromatic heterocycles. The molecule has 4 aromatic carbocycles. The minimum absolute atomic E-state index is 0.0307. The highest BCUT2D eigenvalue weighted by Crippen LogP contribution is 2.36. The normalized spacial score (nSPS) is 14.1. The highest BCUT2D eigenvalue weighted by atomic mass is 28.4. The van der Waals surface area contributed by atoms with E-state index in [1.807, 2.05) is 62.4 Å². The summed E-state index contributed by atoms with van der Waals surface area (Å²) in [4.78, 5) is 14.6. The van der Waals surface area contributed by atoms with E-state index in [9.17, 15) is 4.79 Å². The third-order valence-corrected chi connectivity index (χ3v) is 10.8. The molecule has 36 heavy (non-hydrogen) atoms. The lowest BCUT2D eigenvalue weighted by atomic mass is 9.79. The third kappa shape index (κ3) is 5.00. The first kappa shape index (κ1) is 25.8. The minimum Gasteiger partial charge on any atom is -0.392 e. The summed E-state index contributed by atoms with van der Waals surface area (Å²) in [5.74, 6) is 0.289. The number of carbonyl (C=O) groups excluding carboxylic acids is 1. The maximum Gasteiger partial charge on any atom is 0.254 e. The van der Waals surface area contributed by atoms with Crippen molar-refractivity contribution in [3.63, 3.8) is 0 Å². The molecule has 0 heterocycles. The lowest BCUT2D eigenvalue weighted by Gasteiger charge is -2.43. The second kappa shape index (κ2) is 10.8. The van der Waals surface area contributed by atoms with Gasteiger partial charge in [0.1, 0.15) is 5.60 Å². The Labute approximate surface area is 216 Å². The van der Waals surface area contributed by atoms with E-state index in [1.165, 1.54) is 0 Å². The van der Waals surface area contributed by atoms with Gasteiger partial charge in [0.15, 0.2) is 5.78 Å². The zero-order chi connectivity index (χ0) is 25.8. The Morgan fingerprint density at radius 2 is 1.36 bits per heavy atom. The molecule has 0 radical (unpaired) electrons. The summed E-state index contributed by atoms with van der Waals surface area (Å²) in [6, 6.07) is 35.1. The fourth-order valence-electron chi connectivity index (χ4n) is 5.12. The molecule has 0 amide bonds. The summed E-state index contributed by atoms with van der Waals surface area (Å²) < 4.78 is 7.41. The molecule has 0 aliphatic rings. The van der Waals surface area contributed by atoms with Crippen molar-refractivity contribution in [2.45, 2.75) is 46.3 Å². The molecule has 0 bridgehead atoms. The van der Waals surface area contributed by atoms with Crippen molar-refractivity contribution in [2.75, 3.05) is 0 Å². The van der Waals surface area contributed by atoms with E-state index in [4.69, 9.17) is 4.43 Å². The van der Waals surface area contributed by atoms with Crippen LogP contribution in [0.25, 0.3) is 10.8 Å². The van der Waals surface area contributed by atoms with E-state index in [0.29, 0.717) is 12.0 Å². The maximum absolute atomic E-state index is 14.6. The fourth-order valence-corrected chi connectivity index (χ4v) is 8.38. The second-order valence-electron chi connectivity index (χ2n) is 10.2. The van der Waals surface area contributed by atoms with Crippen LogP contribution in [-0.4, -0.2) is 19.7 Å². The molecular formula is C33H36O2Si. The summed E-state index contributed by atoms with van der Waals surface area (Å²) in [5.41, 5.74) is 0.575. The number of allylic oxidation sites excluding steroid dienone is 1. The van der Waals surface area contributed by atoms with Crippen LogP contribution in [0, 0.1) is 5.92 Å². The molecule has 0 spiro atoms. The van der Waals surface area contributed by atoms with E-state index in [0.717, 1.165) is 26.7 Å². The molecule has 0 N–H and O–H groups in total. The van der Waals surface area contributed by atoms with Crippen LogP contribution in [-0.2, 0) is 4.43 Å². The Morgan fingerprint density at radius 3 is 1.89 bits per heavy atom. The van der Waals surface area contributed by atoms with Crippen molar-refractivity contribution >= 4 is 35.2 Å². The Bertz CT molecular complexity index is 1320. The number of Topliss-reactive ketones (excluding diaryl/α,β-unsaturated/α-hetero) is 1. The number of benzene rings is 4. The van der Waals surface area contributed by atoms with Gasteiger partial charge < -0.3 is 4.43 Å². The summed E-state index contributed by atoms with van der Waals surface area (Å²) in [6.45, 7) is 10.6. The van der Waals surface area contributed by atoms with Crippen molar-refractivity contribution < 1.29 is 9.22 Å². The molecule has 4 rings (SSSR count). The maximum atomic E-state index is 14.6. The van der Waals surface area contributed by atoms with E-state index in [2.05, 4.69) is 81.1 Å². The van der Waals surface area contributed by atoms with E-state index in [1.54, 1.807) is 0 Å². The van der Waals surface area contributed by atoms with Crippen LogP contribution >= 0.6 is 0 Å². The molecule has 1 atom stereocenters. The van der Waals surface area contributed by atoms with E-state index < -0.39 is 13.9 Å². The van der Waals surface area contributed by atoms with Gasteiger partial charge in [-0.15, -0.1) is 0 Å². The lowest BCUT2D eigenvalue weighted by Crippen LogP contribution is -2.64. The van der Waals surface area contributed by atoms with E-state index in [-0.39, 0.29) is 11.7 Å². The number of hydrogen-bond donors (Lipinski definition) is 0. The Kier molecular flexibility index (Phi) is 7.72. The highest BCUT2D eigenvalue weighted by molar-refractivity contribution is 6.96. The number of ketones is 1. The first-order chi connectivity index (χ1) is 17.3. The molecule has 0 aliphatic heterocycles. The SMILES string of the molecule is C/C=C(\C)[C@](CC(C)C)(O[Si](C)(c1ccccc1)c1ccccc1)C(=O)c1ccc2ccccc2c1. The van der Waals surface area contributed by atoms with Gasteiger partial charge in [0, 0.05) is 5.56 Å². The molecule has 0 fully saturated rings. The molecule has 0 aliphatic carbocycles. The molecule has 0 saturated carbocycles. The van der Waals surface area contributed by atoms with Crippen molar-refractivity contribution in [3.8, 4) is 0 Å². The van der Waals surface area contributed by atoms with Gasteiger partial charge in [0.25, 0.3) is 8.32 Å². The topological polar surface area (TPSA) is 26.3 Å². The van der Waals surface area contributed by atoms with Gasteiger partial charge in [-0.05, 0) is 65.5 Å². The van der Waals surface area contributed by atoms with Crippen LogP contribution in [0.4, 0.5) is 0 Å². The summed E-state index contributed by atoms with van der Waals surface area (Å²) >= 11 is 0. The number of carbonyl (C=O) groups is 1. The molecular weight excluding hydrogens is 456 g/mol. The van der Waals surface area contributed by atoms with Crippen LogP contribution in [0.2, 0.25) is 6.55 Å². The molecule has 3 heteroatoms. The largest absolute Gasteiger partial charge is 0.392 e. The average molecular weight is 493 g/mol. The fraction of sp³-hybridized carbons (Fsp3) is 0.242. The van der Waals surface area contributed by atoms with Gasteiger partial charge >= 0.3 is 0 Å². The monoisotopic (exact) mass is 492 g/mol. The van der Waals surface area contributed by atoms with Crippen LogP contribution in [0.15, 0.2) is 115 Å². The third-order valence-electron chi connectivity index (χ3n) is 7.17. The van der Waals surface area contributed by atoms with Crippen molar-refractivity contribution in [1.29, 1.82) is 0 Å². The number of fused-ring (bicyclic) bond motifs is 1. The Hall–Kier alpha value is -3.27. The van der Waals surface area contributed by atoms with Gasteiger partial charge in [0.05, 0.1) is 0 Å². The predicted molar refractivity (Wildman–Crippen MR) is 155 cm³/mol. The first-order valence-electron chi connectivity index (χ1n) is 12.8. The van der Waals surface area contributed by atoms with Crippen molar-refractivity contribution in [3.05, 3.63) is 120 Å². The van der Waals surface area contributed by atoms with Gasteiger partial charge in [-0.25, -0.2) is 0 Å². The zero-order valence-corrected chi connectivity index (χ0v) is 23.0. The second-order valence-corrected chi connectivity index (χ2v) is 13.6. The summed E-state index contributed by atoms with van der Waals surface area (Å²) in [5, 5.41) is 4.49. The standard InChI is InChI=1S/C33H36O2Si/c1-6-26(4)33(24-25(2)3,32(34)29-22-21-27-15-13-14-16-28(27)23-29)35-36(5,30-17-9-7-10-18-30)31-19-11-8-12-20-31/h6-23,25H,24H2,1-5H3/b26-6+/t33-/m0/s1. The van der Waals surface area contributed by atoms with E-state index >= 15 is 0 Å². The highest BCUT2D eigenvalue weighted by Gasteiger charge is 2.49. The van der Waals surface area contributed by atoms with Crippen LogP contribution < -0.4 is 10.4 Å². The molecule has 2 nitrogen and oxygen atoms in total. The first-order valence-corrected chi connectivity index (χ1v) is 15.2. The zero-order valence-electron chi connectivity index (χ0n) is 22.0. The van der Waals surface area contributed by atoms with Gasteiger partial charge in [-0.3, -0.25) is 4.79 Å². The van der Waals surface area contributed by atoms with Crippen LogP contribution in [0.1, 0.15) is 44.5 Å². The summed E-state index contributed by atoms with van der Waals surface area (Å²) in [7, 11) is -2.79. The average Bonchev–Trinajstić information content (AvgIpc) is 2.92. The molecule has 184 valence electrons. The van der Waals surface area contributed by atoms with Crippen LogP contribution in [0.3, 0.4) is 0 Å². The smallest absolute Gasteiger partial charge is 0.254 e. The van der Waals surface area contributed by atoms with Crippen molar-refractivity contribution in [2.24, 2.45) is 5.92 Å². The Morgan fingerprint density at radius 1 is 0.833 bits per heavy atom. The van der Waals surface area contributed by atoms with Crippen molar-refractivity contribution in [1.82, 2.24) is 0 Å². The lowest BCUT2D eigenvalue weighted by molar-refractivity contribution is 0.0489. The minimum atomic E-state index is -2.79. The van der Waals surface area contributed by atoms with Gasteiger partial charge in [-0.1, -0.05) is 117 Å². The quantitative estimate of drug-likeness (QED) is 0.140.